The molecule has 0 bridgehead atoms. The minimum absolute atomic E-state index is 0.0424. The zero-order valence-electron chi connectivity index (χ0n) is 15.0. The lowest BCUT2D eigenvalue weighted by Gasteiger charge is -2.24. The van der Waals surface area contributed by atoms with E-state index in [2.05, 4.69) is 5.32 Å². The number of nitrogens with zero attached hydrogens (tertiary/aromatic N) is 1. The van der Waals surface area contributed by atoms with Crippen LogP contribution in [0.3, 0.4) is 0 Å². The van der Waals surface area contributed by atoms with E-state index in [0.717, 1.165) is 0 Å². The number of phosphoric acid groups is 1. The van der Waals surface area contributed by atoms with Crippen LogP contribution in [0.4, 0.5) is 0 Å². The van der Waals surface area contributed by atoms with Gasteiger partial charge >= 0.3 is 7.82 Å². The lowest BCUT2D eigenvalue weighted by Crippen LogP contribution is -2.48. The van der Waals surface area contributed by atoms with Gasteiger partial charge < -0.3 is 30.0 Å². The van der Waals surface area contributed by atoms with Crippen LogP contribution in [0.1, 0.15) is 6.42 Å². The Bertz CT molecular complexity index is 370. The van der Waals surface area contributed by atoms with Crippen molar-refractivity contribution in [1.82, 2.24) is 5.32 Å². The van der Waals surface area contributed by atoms with Crippen LogP contribution < -0.4 is 5.32 Å². The zero-order chi connectivity index (χ0) is 18.7. The summed E-state index contributed by atoms with van der Waals surface area (Å²) in [5.74, 6) is 0. The average molecular weight is 389 g/mol. The highest BCUT2D eigenvalue weighted by Crippen LogP contribution is 2.42. The first-order valence-corrected chi connectivity index (χ1v) is 12.4. The fourth-order valence-corrected chi connectivity index (χ4v) is 4.21. The summed E-state index contributed by atoms with van der Waals surface area (Å²) in [6, 6.07) is 0.608. The van der Waals surface area contributed by atoms with Crippen molar-refractivity contribution >= 4 is 15.9 Å². The van der Waals surface area contributed by atoms with Gasteiger partial charge in [-0.1, -0.05) is 6.04 Å². The fourth-order valence-electron chi connectivity index (χ4n) is 1.80. The maximum absolute atomic E-state index is 11.6. The first-order chi connectivity index (χ1) is 11.1. The van der Waals surface area contributed by atoms with Crippen molar-refractivity contribution in [3.05, 3.63) is 0 Å². The second-order valence-corrected chi connectivity index (χ2v) is 12.9. The number of aliphatic hydroxyl groups excluding tert-OH is 3. The number of nitrogens with one attached hydrogen (secondary N) is 1. The molecule has 0 saturated carbocycles. The monoisotopic (exact) mass is 389 g/mol. The molecule has 0 amide bonds. The van der Waals surface area contributed by atoms with Crippen LogP contribution in [0.5, 0.6) is 0 Å². The summed E-state index contributed by atoms with van der Waals surface area (Å²) in [5, 5.41) is 30.8. The normalized spacial score (nSPS) is 15.5. The van der Waals surface area contributed by atoms with Crippen molar-refractivity contribution in [3.8, 4) is 0 Å². The summed E-state index contributed by atoms with van der Waals surface area (Å²) < 4.78 is 22.0. The van der Waals surface area contributed by atoms with Gasteiger partial charge in [0.2, 0.25) is 0 Å². The van der Waals surface area contributed by atoms with Crippen LogP contribution in [0.25, 0.3) is 0 Å². The molecule has 0 fully saturated rings. The van der Waals surface area contributed by atoms with Crippen LogP contribution in [0.15, 0.2) is 0 Å². The highest BCUT2D eigenvalue weighted by molar-refractivity contribution is 7.47. The molecule has 146 valence electrons. The van der Waals surface area contributed by atoms with E-state index >= 15 is 0 Å². The van der Waals surface area contributed by atoms with E-state index in [4.69, 9.17) is 9.05 Å². The van der Waals surface area contributed by atoms with Crippen LogP contribution in [-0.4, -0.2) is 105 Å². The van der Waals surface area contributed by atoms with Gasteiger partial charge in [0.15, 0.2) is 0 Å². The highest BCUT2D eigenvalue weighted by atomic mass is 31.2. The molecule has 0 aromatic carbocycles. The lowest BCUT2D eigenvalue weighted by atomic mass is 10.5. The summed E-state index contributed by atoms with van der Waals surface area (Å²) in [5.41, 5.74) is 0. The molecule has 0 spiro atoms. The largest absolute Gasteiger partial charge is 0.472 e. The fraction of sp³-hybridized carbons (Fsp3) is 1.00. The molecule has 9 nitrogen and oxygen atoms in total. The Hall–Kier alpha value is 0.127. The van der Waals surface area contributed by atoms with Gasteiger partial charge in [0.05, 0.1) is 27.7 Å². The predicted octanol–water partition coefficient (Wildman–Crippen LogP) is -1.15. The van der Waals surface area contributed by atoms with Gasteiger partial charge in [-0.3, -0.25) is 9.05 Å². The van der Waals surface area contributed by atoms with Gasteiger partial charge in [0.25, 0.3) is 0 Å². The van der Waals surface area contributed by atoms with Gasteiger partial charge in [-0.25, -0.2) is 4.57 Å². The van der Waals surface area contributed by atoms with Crippen molar-refractivity contribution in [3.63, 3.8) is 0 Å². The maximum atomic E-state index is 11.6. The van der Waals surface area contributed by atoms with Gasteiger partial charge in [0.1, 0.15) is 21.2 Å². The summed E-state index contributed by atoms with van der Waals surface area (Å²) in [7, 11) is -0.504. The first kappa shape index (κ1) is 24.1. The average Bonchev–Trinajstić information content (AvgIpc) is 2.49. The van der Waals surface area contributed by atoms with Crippen LogP contribution in [0.2, 0.25) is 6.04 Å². The Labute approximate surface area is 145 Å². The van der Waals surface area contributed by atoms with E-state index in [-0.39, 0.29) is 31.9 Å². The molecule has 0 aromatic rings. The van der Waals surface area contributed by atoms with Gasteiger partial charge in [-0.15, -0.1) is 0 Å². The van der Waals surface area contributed by atoms with Crippen molar-refractivity contribution < 1.29 is 38.3 Å². The molecule has 0 aromatic heterocycles. The number of likely N-dealkylation sites (N-methyl/N-ethyl adjacent to an activating group) is 1. The van der Waals surface area contributed by atoms with Gasteiger partial charge in [-0.2, -0.15) is 0 Å². The van der Waals surface area contributed by atoms with E-state index in [9.17, 15) is 24.8 Å². The zero-order valence-corrected chi connectivity index (χ0v) is 16.9. The molecule has 5 N–H and O–H groups in total. The lowest BCUT2D eigenvalue weighted by molar-refractivity contribution is -0.870. The second-order valence-electron chi connectivity index (χ2n) is 6.98. The third kappa shape index (κ3) is 11.6. The minimum Gasteiger partial charge on any atom is -0.399 e. The Morgan fingerprint density at radius 3 is 2.04 bits per heavy atom. The number of quaternary nitrogens is 1. The van der Waals surface area contributed by atoms with Crippen molar-refractivity contribution in [2.24, 2.45) is 0 Å². The Balaban J connectivity index is 3.76. The van der Waals surface area contributed by atoms with E-state index in [0.29, 0.717) is 36.6 Å². The first-order valence-electron chi connectivity index (χ1n) is 8.05. The molecule has 0 rings (SSSR count). The molecule has 0 saturated heterocycles. The number of rotatable bonds is 15. The molecule has 1 unspecified atom stereocenters. The molecular weight excluding hydrogens is 355 g/mol. The molecule has 1 atom stereocenters. The summed E-state index contributed by atoms with van der Waals surface area (Å²) in [6.45, 7) is 1.77. The number of hydrogen-bond acceptors (Lipinski definition) is 7. The summed E-state index contributed by atoms with van der Waals surface area (Å²) in [6.07, 6.45) is 0.287. The molecule has 0 aliphatic rings. The standard InChI is InChI=1S/C13H33N2O7PSi/c1-15(2,3)7-9-22-23(19,20)21-8-6-14-5-4-10-24(11-16,12-17)13-18/h14,16-18H,4-13H2,1-3H3/p+1. The summed E-state index contributed by atoms with van der Waals surface area (Å²) in [4.78, 5) is 9.52. The van der Waals surface area contributed by atoms with Crippen molar-refractivity contribution in [2.45, 2.75) is 12.5 Å². The Kier molecular flexibility index (Phi) is 11.7. The topological polar surface area (TPSA) is 128 Å². The number of aliphatic hydroxyl groups is 3. The number of phosphoric ester groups is 1. The smallest absolute Gasteiger partial charge is 0.399 e. The molecule has 11 heteroatoms. The molecular formula is C13H34N2O7PSi+. The van der Waals surface area contributed by atoms with E-state index in [1.54, 1.807) is 0 Å². The number of hydrogen-bond donors (Lipinski definition) is 5. The van der Waals surface area contributed by atoms with E-state index < -0.39 is 15.9 Å². The Morgan fingerprint density at radius 2 is 1.54 bits per heavy atom. The molecule has 0 radical (unpaired) electrons. The van der Waals surface area contributed by atoms with E-state index in [1.165, 1.54) is 0 Å². The van der Waals surface area contributed by atoms with Gasteiger partial charge in [0, 0.05) is 25.2 Å². The minimum atomic E-state index is -4.02. The Morgan fingerprint density at radius 1 is 1.00 bits per heavy atom. The van der Waals surface area contributed by atoms with Crippen LogP contribution in [0, 0.1) is 0 Å². The highest BCUT2D eigenvalue weighted by Gasteiger charge is 2.30. The third-order valence-corrected chi connectivity index (χ3v) is 8.06. The molecule has 0 heterocycles. The summed E-state index contributed by atoms with van der Waals surface area (Å²) >= 11 is 0. The van der Waals surface area contributed by atoms with Crippen molar-refractivity contribution in [1.29, 1.82) is 0 Å². The molecule has 0 aliphatic heterocycles. The molecule has 0 aliphatic carbocycles. The molecule has 24 heavy (non-hydrogen) atoms. The third-order valence-electron chi connectivity index (χ3n) is 3.62. The van der Waals surface area contributed by atoms with Gasteiger partial charge in [-0.05, 0) is 13.0 Å². The van der Waals surface area contributed by atoms with Crippen LogP contribution in [-0.2, 0) is 13.6 Å². The second kappa shape index (κ2) is 11.7. The SMILES string of the molecule is C[N+](C)(C)CCOP(=O)(O)OCCNCCC[Si](CO)(CO)CO. The maximum Gasteiger partial charge on any atom is 0.472 e. The van der Waals surface area contributed by atoms with Crippen LogP contribution >= 0.6 is 7.82 Å². The quantitative estimate of drug-likeness (QED) is 0.103. The predicted molar refractivity (Wildman–Crippen MR) is 93.9 cm³/mol. The van der Waals surface area contributed by atoms with E-state index in [1.807, 2.05) is 21.1 Å². The van der Waals surface area contributed by atoms with Crippen molar-refractivity contribution in [2.75, 3.05) is 72.7 Å².